The van der Waals surface area contributed by atoms with Crippen molar-refractivity contribution < 1.29 is 4.74 Å². The third kappa shape index (κ3) is 4.49. The molecule has 2 aromatic rings. The summed E-state index contributed by atoms with van der Waals surface area (Å²) in [5.41, 5.74) is 0.963. The summed E-state index contributed by atoms with van der Waals surface area (Å²) in [5.74, 6) is 1.63. The molecule has 1 saturated heterocycles. The van der Waals surface area contributed by atoms with Gasteiger partial charge in [0, 0.05) is 49.7 Å². The van der Waals surface area contributed by atoms with Gasteiger partial charge in [-0.3, -0.25) is 4.90 Å². The van der Waals surface area contributed by atoms with E-state index in [-0.39, 0.29) is 6.10 Å². The molecule has 0 amide bonds. The average Bonchev–Trinajstić information content (AvgIpc) is 3.08. The first-order chi connectivity index (χ1) is 11.6. The lowest BCUT2D eigenvalue weighted by Gasteiger charge is -2.35. The fourth-order valence-corrected chi connectivity index (χ4v) is 3.46. The molecule has 0 saturated carbocycles. The van der Waals surface area contributed by atoms with Crippen LogP contribution < -0.4 is 5.32 Å². The lowest BCUT2D eigenvalue weighted by Crippen LogP contribution is -2.42. The molecule has 3 heterocycles. The van der Waals surface area contributed by atoms with E-state index >= 15 is 0 Å². The molecule has 6 nitrogen and oxygen atoms in total. The van der Waals surface area contributed by atoms with E-state index in [1.165, 1.54) is 0 Å². The molecule has 24 heavy (non-hydrogen) atoms. The van der Waals surface area contributed by atoms with E-state index in [9.17, 15) is 0 Å². The molecule has 1 aliphatic rings. The summed E-state index contributed by atoms with van der Waals surface area (Å²) in [5, 5.41) is 6.52. The van der Waals surface area contributed by atoms with Gasteiger partial charge in [-0.1, -0.05) is 0 Å². The van der Waals surface area contributed by atoms with Gasteiger partial charge < -0.3 is 10.1 Å². The zero-order chi connectivity index (χ0) is 16.9. The van der Waals surface area contributed by atoms with E-state index in [0.29, 0.717) is 6.04 Å². The van der Waals surface area contributed by atoms with Gasteiger partial charge in [0.2, 0.25) is 0 Å². The second kappa shape index (κ2) is 8.00. The molecule has 1 atom stereocenters. The van der Waals surface area contributed by atoms with Crippen LogP contribution in [0.2, 0.25) is 0 Å². The lowest BCUT2D eigenvalue weighted by atomic mass is 10.1. The third-order valence-electron chi connectivity index (χ3n) is 4.14. The maximum Gasteiger partial charge on any atom is 0.130 e. The van der Waals surface area contributed by atoms with Crippen molar-refractivity contribution in [3.63, 3.8) is 0 Å². The molecule has 0 aromatic carbocycles. The predicted molar refractivity (Wildman–Crippen MR) is 96.5 cm³/mol. The maximum absolute atomic E-state index is 5.95. The van der Waals surface area contributed by atoms with Crippen molar-refractivity contribution in [3.05, 3.63) is 34.2 Å². The first-order valence-corrected chi connectivity index (χ1v) is 9.33. The Morgan fingerprint density at radius 1 is 1.42 bits per heavy atom. The topological polar surface area (TPSA) is 63.2 Å². The lowest BCUT2D eigenvalue weighted by molar-refractivity contribution is -0.0422. The van der Waals surface area contributed by atoms with Gasteiger partial charge in [-0.25, -0.2) is 15.0 Å². The zero-order valence-corrected chi connectivity index (χ0v) is 15.3. The van der Waals surface area contributed by atoms with Crippen molar-refractivity contribution in [3.8, 4) is 0 Å². The van der Waals surface area contributed by atoms with E-state index in [1.807, 2.05) is 24.6 Å². The number of aromatic nitrogens is 3. The summed E-state index contributed by atoms with van der Waals surface area (Å²) in [4.78, 5) is 15.8. The number of aryl methyl sites for hydroxylation is 1. The Labute approximate surface area is 147 Å². The van der Waals surface area contributed by atoms with Gasteiger partial charge in [0.05, 0.1) is 17.3 Å². The number of thiazole rings is 1. The zero-order valence-electron chi connectivity index (χ0n) is 14.5. The maximum atomic E-state index is 5.95. The van der Waals surface area contributed by atoms with Gasteiger partial charge in [-0.05, 0) is 20.8 Å². The van der Waals surface area contributed by atoms with Crippen LogP contribution in [0.15, 0.2) is 17.6 Å². The molecule has 0 spiro atoms. The third-order valence-corrected chi connectivity index (χ3v) is 4.98. The largest absolute Gasteiger partial charge is 0.370 e. The normalized spacial score (nSPS) is 18.9. The van der Waals surface area contributed by atoms with Gasteiger partial charge in [0.15, 0.2) is 0 Å². The fourth-order valence-electron chi connectivity index (χ4n) is 2.84. The first-order valence-electron chi connectivity index (χ1n) is 8.45. The van der Waals surface area contributed by atoms with Gasteiger partial charge in [-0.15, -0.1) is 11.3 Å². The Bertz CT molecular complexity index is 646. The summed E-state index contributed by atoms with van der Waals surface area (Å²) < 4.78 is 5.95. The molecule has 130 valence electrons. The van der Waals surface area contributed by atoms with Gasteiger partial charge in [0.25, 0.3) is 0 Å². The number of ether oxygens (including phenoxy) is 1. The Hall–Kier alpha value is -1.57. The Balaban J connectivity index is 1.64. The molecule has 0 bridgehead atoms. The molecular weight excluding hydrogens is 322 g/mol. The monoisotopic (exact) mass is 347 g/mol. The van der Waals surface area contributed by atoms with Crippen LogP contribution in [0.5, 0.6) is 0 Å². The number of morpholine rings is 1. The van der Waals surface area contributed by atoms with Crippen LogP contribution in [0.3, 0.4) is 0 Å². The van der Waals surface area contributed by atoms with E-state index in [2.05, 4.69) is 39.0 Å². The molecule has 7 heteroatoms. The fraction of sp³-hybridized carbons (Fsp3) is 0.588. The van der Waals surface area contributed by atoms with E-state index in [1.54, 1.807) is 11.3 Å². The Morgan fingerprint density at radius 2 is 2.29 bits per heavy atom. The van der Waals surface area contributed by atoms with E-state index in [0.717, 1.165) is 55.0 Å². The van der Waals surface area contributed by atoms with Gasteiger partial charge in [-0.2, -0.15) is 0 Å². The highest BCUT2D eigenvalue weighted by Gasteiger charge is 2.25. The second-order valence-electron chi connectivity index (χ2n) is 6.28. The standard InChI is InChI=1S/C17H25N5OS/c1-12(2)22-7-8-23-15(11-22)14-10-16(21-13(3)20-14)18-5-4-17-19-6-9-24-17/h6,9-10,12,15H,4-5,7-8,11H2,1-3H3,(H,18,20,21)/t15-/m1/s1. The van der Waals surface area contributed by atoms with Crippen LogP contribution in [0.1, 0.15) is 36.5 Å². The highest BCUT2D eigenvalue weighted by Crippen LogP contribution is 2.23. The van der Waals surface area contributed by atoms with Crippen molar-refractivity contribution >= 4 is 17.2 Å². The molecule has 0 unspecified atom stereocenters. The highest BCUT2D eigenvalue weighted by atomic mass is 32.1. The number of nitrogens with zero attached hydrogens (tertiary/aromatic N) is 4. The van der Waals surface area contributed by atoms with Crippen LogP contribution in [0.25, 0.3) is 0 Å². The molecule has 3 rings (SSSR count). The Morgan fingerprint density at radius 3 is 3.04 bits per heavy atom. The smallest absolute Gasteiger partial charge is 0.130 e. The molecule has 1 N–H and O–H groups in total. The Kier molecular flexibility index (Phi) is 5.76. The van der Waals surface area contributed by atoms with Gasteiger partial charge in [0.1, 0.15) is 17.7 Å². The van der Waals surface area contributed by atoms with Crippen molar-refractivity contribution in [1.82, 2.24) is 19.9 Å². The van der Waals surface area contributed by atoms with Gasteiger partial charge >= 0.3 is 0 Å². The molecule has 1 fully saturated rings. The summed E-state index contributed by atoms with van der Waals surface area (Å²) in [6.45, 7) is 9.80. The van der Waals surface area contributed by atoms with Crippen molar-refractivity contribution in [2.24, 2.45) is 0 Å². The van der Waals surface area contributed by atoms with Crippen molar-refractivity contribution in [2.45, 2.75) is 39.3 Å². The molecule has 0 radical (unpaired) electrons. The highest BCUT2D eigenvalue weighted by molar-refractivity contribution is 7.09. The quantitative estimate of drug-likeness (QED) is 0.867. The predicted octanol–water partition coefficient (Wildman–Crippen LogP) is 2.68. The van der Waals surface area contributed by atoms with Crippen LogP contribution in [0, 0.1) is 6.92 Å². The number of anilines is 1. The summed E-state index contributed by atoms with van der Waals surface area (Å²) in [6.07, 6.45) is 2.76. The summed E-state index contributed by atoms with van der Waals surface area (Å²) >= 11 is 1.68. The summed E-state index contributed by atoms with van der Waals surface area (Å²) in [7, 11) is 0. The van der Waals surface area contributed by atoms with Crippen LogP contribution in [-0.4, -0.2) is 52.1 Å². The SMILES string of the molecule is Cc1nc(NCCc2nccs2)cc([C@H]2CN(C(C)C)CCO2)n1. The number of rotatable bonds is 6. The minimum atomic E-state index is 0.0161. The van der Waals surface area contributed by atoms with Crippen LogP contribution >= 0.6 is 11.3 Å². The van der Waals surface area contributed by atoms with Crippen LogP contribution in [-0.2, 0) is 11.2 Å². The molecule has 1 aliphatic heterocycles. The van der Waals surface area contributed by atoms with E-state index in [4.69, 9.17) is 4.74 Å². The van der Waals surface area contributed by atoms with Crippen LogP contribution in [0.4, 0.5) is 5.82 Å². The van der Waals surface area contributed by atoms with E-state index < -0.39 is 0 Å². The summed E-state index contributed by atoms with van der Waals surface area (Å²) in [6, 6.07) is 2.54. The number of hydrogen-bond acceptors (Lipinski definition) is 7. The molecule has 2 aromatic heterocycles. The number of hydrogen-bond donors (Lipinski definition) is 1. The number of nitrogens with one attached hydrogen (secondary N) is 1. The average molecular weight is 347 g/mol. The minimum Gasteiger partial charge on any atom is -0.370 e. The van der Waals surface area contributed by atoms with Crippen molar-refractivity contribution in [2.75, 3.05) is 31.6 Å². The van der Waals surface area contributed by atoms with Crippen molar-refractivity contribution in [1.29, 1.82) is 0 Å². The second-order valence-corrected chi connectivity index (χ2v) is 7.26. The molecular formula is C17H25N5OS. The minimum absolute atomic E-state index is 0.0161. The molecule has 0 aliphatic carbocycles. The first kappa shape index (κ1) is 17.3.